The van der Waals surface area contributed by atoms with Crippen molar-refractivity contribution in [2.45, 2.75) is 39.0 Å². The van der Waals surface area contributed by atoms with E-state index in [0.29, 0.717) is 5.75 Å². The summed E-state index contributed by atoms with van der Waals surface area (Å²) in [7, 11) is 1.40. The number of ether oxygens (including phenoxy) is 1. The topological polar surface area (TPSA) is 46.5 Å². The molecule has 0 heterocycles. The Morgan fingerprint density at radius 2 is 2.00 bits per heavy atom. The molecule has 0 aromatic carbocycles. The standard InChI is InChI=1S/C10H20O3S/c1-7(11)8(2)14-6-10(3,4)9(12)13-5/h7-8,11H,6H2,1-5H3. The van der Waals surface area contributed by atoms with Crippen LogP contribution >= 0.6 is 11.8 Å². The zero-order valence-corrected chi connectivity index (χ0v) is 10.4. The van der Waals surface area contributed by atoms with Gasteiger partial charge in [-0.1, -0.05) is 6.92 Å². The number of carbonyl (C=O) groups excluding carboxylic acids is 1. The van der Waals surface area contributed by atoms with Gasteiger partial charge in [0.15, 0.2) is 0 Å². The molecular weight excluding hydrogens is 200 g/mol. The first kappa shape index (κ1) is 13.8. The molecule has 0 amide bonds. The van der Waals surface area contributed by atoms with Gasteiger partial charge in [0.25, 0.3) is 0 Å². The number of aliphatic hydroxyl groups excluding tert-OH is 1. The van der Waals surface area contributed by atoms with Gasteiger partial charge in [-0.25, -0.2) is 0 Å². The summed E-state index contributed by atoms with van der Waals surface area (Å²) in [6.07, 6.45) is -0.353. The minimum absolute atomic E-state index is 0.138. The van der Waals surface area contributed by atoms with E-state index >= 15 is 0 Å². The minimum atomic E-state index is -0.484. The quantitative estimate of drug-likeness (QED) is 0.716. The Labute approximate surface area is 90.2 Å². The molecule has 0 radical (unpaired) electrons. The van der Waals surface area contributed by atoms with Crippen LogP contribution in [0.2, 0.25) is 0 Å². The first-order chi connectivity index (χ1) is 6.31. The minimum Gasteiger partial charge on any atom is -0.469 e. The molecule has 2 atom stereocenters. The van der Waals surface area contributed by atoms with Crippen molar-refractivity contribution in [1.29, 1.82) is 0 Å². The zero-order valence-electron chi connectivity index (χ0n) is 9.53. The molecule has 0 bridgehead atoms. The first-order valence-corrected chi connectivity index (χ1v) is 5.74. The lowest BCUT2D eigenvalue weighted by atomic mass is 9.97. The maximum absolute atomic E-state index is 11.3. The number of carbonyl (C=O) groups is 1. The molecule has 0 aliphatic rings. The predicted molar refractivity (Wildman–Crippen MR) is 59.4 cm³/mol. The van der Waals surface area contributed by atoms with Gasteiger partial charge in [-0.05, 0) is 20.8 Å². The van der Waals surface area contributed by atoms with Crippen molar-refractivity contribution in [2.24, 2.45) is 5.41 Å². The second-order valence-corrected chi connectivity index (χ2v) is 5.50. The largest absolute Gasteiger partial charge is 0.469 e. The average molecular weight is 220 g/mol. The van der Waals surface area contributed by atoms with Crippen molar-refractivity contribution >= 4 is 17.7 Å². The highest BCUT2D eigenvalue weighted by Gasteiger charge is 2.29. The van der Waals surface area contributed by atoms with Crippen molar-refractivity contribution in [2.75, 3.05) is 12.9 Å². The monoisotopic (exact) mass is 220 g/mol. The van der Waals surface area contributed by atoms with Crippen LogP contribution < -0.4 is 0 Å². The van der Waals surface area contributed by atoms with E-state index in [-0.39, 0.29) is 17.3 Å². The maximum Gasteiger partial charge on any atom is 0.312 e. The number of methoxy groups -OCH3 is 1. The molecule has 84 valence electrons. The molecule has 0 spiro atoms. The maximum atomic E-state index is 11.3. The predicted octanol–water partition coefficient (Wildman–Crippen LogP) is 1.69. The van der Waals surface area contributed by atoms with Crippen molar-refractivity contribution in [1.82, 2.24) is 0 Å². The van der Waals surface area contributed by atoms with Crippen LogP contribution in [0.5, 0.6) is 0 Å². The Morgan fingerprint density at radius 1 is 1.50 bits per heavy atom. The van der Waals surface area contributed by atoms with Crippen LogP contribution in [0.25, 0.3) is 0 Å². The molecule has 0 aromatic rings. The van der Waals surface area contributed by atoms with E-state index in [1.165, 1.54) is 7.11 Å². The van der Waals surface area contributed by atoms with Crippen LogP contribution in [-0.4, -0.2) is 35.3 Å². The van der Waals surface area contributed by atoms with Crippen molar-refractivity contribution in [3.8, 4) is 0 Å². The van der Waals surface area contributed by atoms with Crippen molar-refractivity contribution in [3.63, 3.8) is 0 Å². The van der Waals surface area contributed by atoms with Crippen molar-refractivity contribution in [3.05, 3.63) is 0 Å². The summed E-state index contributed by atoms with van der Waals surface area (Å²) in [6, 6.07) is 0. The number of thioether (sulfide) groups is 1. The van der Waals surface area contributed by atoms with Gasteiger partial charge < -0.3 is 9.84 Å². The van der Waals surface area contributed by atoms with E-state index < -0.39 is 5.41 Å². The van der Waals surface area contributed by atoms with E-state index in [4.69, 9.17) is 4.74 Å². The zero-order chi connectivity index (χ0) is 11.4. The number of hydrogen-bond acceptors (Lipinski definition) is 4. The Balaban J connectivity index is 4.05. The average Bonchev–Trinajstić information content (AvgIpc) is 2.12. The van der Waals surface area contributed by atoms with Gasteiger partial charge in [-0.3, -0.25) is 4.79 Å². The Bertz CT molecular complexity index is 190. The molecule has 1 N–H and O–H groups in total. The van der Waals surface area contributed by atoms with Crippen LogP contribution in [0.4, 0.5) is 0 Å². The van der Waals surface area contributed by atoms with E-state index in [0.717, 1.165) is 0 Å². The van der Waals surface area contributed by atoms with Gasteiger partial charge in [0.2, 0.25) is 0 Å². The fourth-order valence-corrected chi connectivity index (χ4v) is 1.89. The summed E-state index contributed by atoms with van der Waals surface area (Å²) in [5, 5.41) is 9.41. The van der Waals surface area contributed by atoms with Gasteiger partial charge in [-0.15, -0.1) is 0 Å². The first-order valence-electron chi connectivity index (χ1n) is 4.69. The summed E-state index contributed by atoms with van der Waals surface area (Å²) in [4.78, 5) is 11.3. The fraction of sp³-hybridized carbons (Fsp3) is 0.900. The van der Waals surface area contributed by atoms with Crippen LogP contribution in [0, 0.1) is 5.41 Å². The summed E-state index contributed by atoms with van der Waals surface area (Å²) >= 11 is 1.58. The Kier molecular flexibility index (Phi) is 5.52. The Hall–Kier alpha value is -0.220. The van der Waals surface area contributed by atoms with Crippen LogP contribution in [-0.2, 0) is 9.53 Å². The highest BCUT2D eigenvalue weighted by atomic mass is 32.2. The third kappa shape index (κ3) is 4.33. The molecule has 0 fully saturated rings. The molecule has 0 saturated carbocycles. The molecule has 14 heavy (non-hydrogen) atoms. The molecular formula is C10H20O3S. The normalized spacial score (nSPS) is 16.1. The van der Waals surface area contributed by atoms with Gasteiger partial charge in [0, 0.05) is 11.0 Å². The lowest BCUT2D eigenvalue weighted by Gasteiger charge is -2.23. The Morgan fingerprint density at radius 3 is 2.36 bits per heavy atom. The van der Waals surface area contributed by atoms with Crippen LogP contribution in [0.1, 0.15) is 27.7 Å². The van der Waals surface area contributed by atoms with Crippen LogP contribution in [0.15, 0.2) is 0 Å². The smallest absolute Gasteiger partial charge is 0.312 e. The SMILES string of the molecule is COC(=O)C(C)(C)CSC(C)C(C)O. The number of hydrogen-bond donors (Lipinski definition) is 1. The highest BCUT2D eigenvalue weighted by Crippen LogP contribution is 2.26. The van der Waals surface area contributed by atoms with E-state index in [1.54, 1.807) is 18.7 Å². The molecule has 0 rings (SSSR count). The van der Waals surface area contributed by atoms with E-state index in [2.05, 4.69) is 0 Å². The second-order valence-electron chi connectivity index (χ2n) is 4.13. The lowest BCUT2D eigenvalue weighted by Crippen LogP contribution is -2.30. The molecule has 0 aliphatic carbocycles. The summed E-state index contributed by atoms with van der Waals surface area (Å²) in [5.41, 5.74) is -0.484. The molecule has 0 aliphatic heterocycles. The fourth-order valence-electron chi connectivity index (χ4n) is 0.814. The molecule has 0 aromatic heterocycles. The summed E-state index contributed by atoms with van der Waals surface area (Å²) in [6.45, 7) is 7.40. The molecule has 4 heteroatoms. The van der Waals surface area contributed by atoms with Gasteiger partial charge in [0.05, 0.1) is 18.6 Å². The molecule has 3 nitrogen and oxygen atoms in total. The number of esters is 1. The number of aliphatic hydroxyl groups is 1. The third-order valence-electron chi connectivity index (χ3n) is 2.12. The van der Waals surface area contributed by atoms with Crippen molar-refractivity contribution < 1.29 is 14.6 Å². The van der Waals surface area contributed by atoms with Gasteiger partial charge >= 0.3 is 5.97 Å². The molecule has 0 saturated heterocycles. The van der Waals surface area contributed by atoms with Gasteiger partial charge in [0.1, 0.15) is 0 Å². The third-order valence-corrected chi connectivity index (χ3v) is 3.93. The summed E-state index contributed by atoms with van der Waals surface area (Å²) in [5.74, 6) is 0.453. The van der Waals surface area contributed by atoms with E-state index in [1.807, 2.05) is 20.8 Å². The lowest BCUT2D eigenvalue weighted by molar-refractivity contribution is -0.149. The summed E-state index contributed by atoms with van der Waals surface area (Å²) < 4.78 is 4.69. The van der Waals surface area contributed by atoms with E-state index in [9.17, 15) is 9.90 Å². The van der Waals surface area contributed by atoms with Crippen LogP contribution in [0.3, 0.4) is 0 Å². The molecule has 2 unspecified atom stereocenters. The number of rotatable bonds is 5. The second kappa shape index (κ2) is 5.61. The highest BCUT2D eigenvalue weighted by molar-refractivity contribution is 8.00. The van der Waals surface area contributed by atoms with Gasteiger partial charge in [-0.2, -0.15) is 11.8 Å².